The van der Waals surface area contributed by atoms with E-state index in [2.05, 4.69) is 21.6 Å². The van der Waals surface area contributed by atoms with Crippen molar-refractivity contribution in [2.75, 3.05) is 0 Å². The lowest BCUT2D eigenvalue weighted by Gasteiger charge is -2.16. The van der Waals surface area contributed by atoms with Gasteiger partial charge < -0.3 is 5.73 Å². The molecule has 0 saturated heterocycles. The fourth-order valence-corrected chi connectivity index (χ4v) is 1.74. The summed E-state index contributed by atoms with van der Waals surface area (Å²) in [5.74, 6) is 0. The predicted molar refractivity (Wildman–Crippen MR) is 63.6 cm³/mol. The van der Waals surface area contributed by atoms with E-state index in [4.69, 9.17) is 18.0 Å². The monoisotopic (exact) mass is 220 g/mol. The van der Waals surface area contributed by atoms with Crippen molar-refractivity contribution in [1.29, 1.82) is 0 Å². The van der Waals surface area contributed by atoms with Crippen molar-refractivity contribution in [3.8, 4) is 0 Å². The van der Waals surface area contributed by atoms with Gasteiger partial charge in [-0.05, 0) is 43.1 Å². The van der Waals surface area contributed by atoms with E-state index in [0.717, 1.165) is 30.7 Å². The van der Waals surface area contributed by atoms with Gasteiger partial charge in [-0.15, -0.1) is 0 Å². The molecule has 0 fully saturated rings. The van der Waals surface area contributed by atoms with E-state index in [1.54, 1.807) is 6.20 Å². The molecule has 1 aromatic heterocycles. The van der Waals surface area contributed by atoms with E-state index in [0.29, 0.717) is 0 Å². The molecular formula is C10H12N4S. The number of nitrogens with one attached hydrogen (secondary N) is 1. The second-order valence-corrected chi connectivity index (χ2v) is 3.84. The molecule has 0 unspecified atom stereocenters. The van der Waals surface area contributed by atoms with Crippen molar-refractivity contribution >= 4 is 23.0 Å². The van der Waals surface area contributed by atoms with Crippen LogP contribution < -0.4 is 11.2 Å². The number of nitrogens with two attached hydrogens (primary N) is 1. The van der Waals surface area contributed by atoms with Crippen LogP contribution in [0.2, 0.25) is 0 Å². The molecule has 4 nitrogen and oxygen atoms in total. The zero-order chi connectivity index (χ0) is 10.7. The van der Waals surface area contributed by atoms with E-state index in [9.17, 15) is 0 Å². The van der Waals surface area contributed by atoms with E-state index >= 15 is 0 Å². The molecule has 0 bridgehead atoms. The Bertz CT molecular complexity index is 414. The van der Waals surface area contributed by atoms with E-state index in [1.165, 1.54) is 5.56 Å². The van der Waals surface area contributed by atoms with Crippen LogP contribution in [0.3, 0.4) is 0 Å². The summed E-state index contributed by atoms with van der Waals surface area (Å²) in [6.07, 6.45) is 4.85. The van der Waals surface area contributed by atoms with Crippen molar-refractivity contribution in [2.24, 2.45) is 10.8 Å². The Morgan fingerprint density at radius 1 is 1.53 bits per heavy atom. The van der Waals surface area contributed by atoms with E-state index in [-0.39, 0.29) is 5.11 Å². The van der Waals surface area contributed by atoms with Gasteiger partial charge in [0.2, 0.25) is 0 Å². The van der Waals surface area contributed by atoms with Crippen LogP contribution in [0.5, 0.6) is 0 Å². The Labute approximate surface area is 93.6 Å². The summed E-state index contributed by atoms with van der Waals surface area (Å²) in [6, 6.07) is 4.03. The normalized spacial score (nSPS) is 17.2. The molecule has 2 rings (SSSR count). The number of pyridine rings is 1. The molecule has 0 aromatic carbocycles. The minimum Gasteiger partial charge on any atom is -0.375 e. The Hall–Kier alpha value is -1.49. The number of hydrogen-bond donors (Lipinski definition) is 2. The topological polar surface area (TPSA) is 63.3 Å². The summed E-state index contributed by atoms with van der Waals surface area (Å²) >= 11 is 4.70. The zero-order valence-electron chi connectivity index (χ0n) is 8.23. The Balaban J connectivity index is 2.29. The molecule has 0 amide bonds. The quantitative estimate of drug-likeness (QED) is 0.546. The Morgan fingerprint density at radius 3 is 3.20 bits per heavy atom. The van der Waals surface area contributed by atoms with Gasteiger partial charge in [0.15, 0.2) is 5.11 Å². The number of hydrazone groups is 1. The van der Waals surface area contributed by atoms with Gasteiger partial charge in [-0.1, -0.05) is 6.07 Å². The highest BCUT2D eigenvalue weighted by atomic mass is 32.1. The molecule has 1 aliphatic carbocycles. The lowest BCUT2D eigenvalue weighted by atomic mass is 9.95. The number of aromatic nitrogens is 1. The zero-order valence-corrected chi connectivity index (χ0v) is 9.05. The van der Waals surface area contributed by atoms with Crippen molar-refractivity contribution in [3.63, 3.8) is 0 Å². The van der Waals surface area contributed by atoms with Gasteiger partial charge in [-0.3, -0.25) is 10.4 Å². The van der Waals surface area contributed by atoms with Crippen molar-refractivity contribution in [3.05, 3.63) is 29.6 Å². The van der Waals surface area contributed by atoms with Gasteiger partial charge in [0.05, 0.1) is 11.4 Å². The second kappa shape index (κ2) is 4.35. The number of fused-ring (bicyclic) bond motifs is 1. The van der Waals surface area contributed by atoms with E-state index in [1.807, 2.05) is 6.07 Å². The molecule has 5 heteroatoms. The maximum Gasteiger partial charge on any atom is 0.184 e. The lowest BCUT2D eigenvalue weighted by Crippen LogP contribution is -2.27. The molecule has 1 heterocycles. The average molecular weight is 220 g/mol. The molecule has 15 heavy (non-hydrogen) atoms. The van der Waals surface area contributed by atoms with Crippen molar-refractivity contribution in [2.45, 2.75) is 19.3 Å². The van der Waals surface area contributed by atoms with Crippen LogP contribution in [0.25, 0.3) is 0 Å². The molecule has 3 N–H and O–H groups in total. The molecule has 0 radical (unpaired) electrons. The Morgan fingerprint density at radius 2 is 2.40 bits per heavy atom. The molecule has 0 saturated carbocycles. The summed E-state index contributed by atoms with van der Waals surface area (Å²) < 4.78 is 0. The molecule has 78 valence electrons. The summed E-state index contributed by atoms with van der Waals surface area (Å²) in [5, 5.41) is 4.35. The minimum atomic E-state index is 0.186. The maximum absolute atomic E-state index is 5.32. The summed E-state index contributed by atoms with van der Waals surface area (Å²) in [4.78, 5) is 4.32. The molecule has 0 atom stereocenters. The molecule has 1 aromatic rings. The van der Waals surface area contributed by atoms with Gasteiger partial charge in [0, 0.05) is 6.20 Å². The third-order valence-corrected chi connectivity index (χ3v) is 2.42. The molecular weight excluding hydrogens is 208 g/mol. The predicted octanol–water partition coefficient (Wildman–Crippen LogP) is 0.955. The van der Waals surface area contributed by atoms with Gasteiger partial charge in [-0.2, -0.15) is 5.10 Å². The van der Waals surface area contributed by atoms with Crippen LogP contribution in [-0.4, -0.2) is 15.8 Å². The Kier molecular flexibility index (Phi) is 2.91. The number of hydrogen-bond acceptors (Lipinski definition) is 3. The number of thiocarbonyl (C=S) groups is 1. The smallest absolute Gasteiger partial charge is 0.184 e. The summed E-state index contributed by atoms with van der Waals surface area (Å²) in [6.45, 7) is 0. The third kappa shape index (κ3) is 2.30. The SMILES string of the molecule is NC(=S)N/N=C1/CCCc2cccnc21. The fraction of sp³-hybridized carbons (Fsp3) is 0.300. The fourth-order valence-electron chi connectivity index (χ4n) is 1.70. The lowest BCUT2D eigenvalue weighted by molar-refractivity contribution is 0.816. The molecule has 1 aliphatic rings. The first kappa shape index (κ1) is 10.0. The molecule has 0 aliphatic heterocycles. The van der Waals surface area contributed by atoms with Gasteiger partial charge >= 0.3 is 0 Å². The third-order valence-electron chi connectivity index (χ3n) is 2.33. The first-order valence-corrected chi connectivity index (χ1v) is 5.24. The minimum absolute atomic E-state index is 0.186. The average Bonchev–Trinajstić information content (AvgIpc) is 2.26. The van der Waals surface area contributed by atoms with Gasteiger partial charge in [0.25, 0.3) is 0 Å². The van der Waals surface area contributed by atoms with Crippen LogP contribution in [0.4, 0.5) is 0 Å². The largest absolute Gasteiger partial charge is 0.375 e. The standard InChI is InChI=1S/C10H12N4S/c11-10(15)14-13-8-5-1-3-7-4-2-6-12-9(7)8/h2,4,6H,1,3,5H2,(H3,11,14,15)/b13-8-. The van der Waals surface area contributed by atoms with Gasteiger partial charge in [0.1, 0.15) is 0 Å². The number of rotatable bonds is 1. The first-order valence-electron chi connectivity index (χ1n) is 4.83. The van der Waals surface area contributed by atoms with Crippen LogP contribution in [-0.2, 0) is 6.42 Å². The first-order chi connectivity index (χ1) is 7.27. The number of aryl methyl sites for hydroxylation is 1. The second-order valence-electron chi connectivity index (χ2n) is 3.40. The molecule has 0 spiro atoms. The van der Waals surface area contributed by atoms with Crippen LogP contribution in [0, 0.1) is 0 Å². The highest BCUT2D eigenvalue weighted by Gasteiger charge is 2.16. The van der Waals surface area contributed by atoms with Crippen LogP contribution in [0.15, 0.2) is 23.4 Å². The number of nitrogens with zero attached hydrogens (tertiary/aromatic N) is 2. The highest BCUT2D eigenvalue weighted by Crippen LogP contribution is 2.18. The van der Waals surface area contributed by atoms with E-state index < -0.39 is 0 Å². The summed E-state index contributed by atoms with van der Waals surface area (Å²) in [7, 11) is 0. The van der Waals surface area contributed by atoms with Crippen LogP contribution in [0.1, 0.15) is 24.1 Å². The van der Waals surface area contributed by atoms with Crippen molar-refractivity contribution < 1.29 is 0 Å². The summed E-state index contributed by atoms with van der Waals surface area (Å²) in [5.41, 5.74) is 11.1. The van der Waals surface area contributed by atoms with Crippen LogP contribution >= 0.6 is 12.2 Å². The highest BCUT2D eigenvalue weighted by molar-refractivity contribution is 7.80. The van der Waals surface area contributed by atoms with Crippen molar-refractivity contribution in [1.82, 2.24) is 10.4 Å². The maximum atomic E-state index is 5.32. The van der Waals surface area contributed by atoms with Gasteiger partial charge in [-0.25, -0.2) is 0 Å².